The van der Waals surface area contributed by atoms with Crippen LogP contribution in [-0.4, -0.2) is 16.4 Å². The van der Waals surface area contributed by atoms with Crippen molar-refractivity contribution in [2.24, 2.45) is 13.0 Å². The molecule has 21 heavy (non-hydrogen) atoms. The lowest BCUT2D eigenvalue weighted by Crippen LogP contribution is -2.19. The van der Waals surface area contributed by atoms with Crippen LogP contribution in [0.1, 0.15) is 24.8 Å². The number of aromatic nitrogens is 2. The van der Waals surface area contributed by atoms with Gasteiger partial charge in [0.15, 0.2) is 0 Å². The van der Waals surface area contributed by atoms with Crippen molar-refractivity contribution >= 4 is 21.7 Å². The maximum atomic E-state index is 6.09. The third-order valence-corrected chi connectivity index (χ3v) is 4.66. The summed E-state index contributed by atoms with van der Waals surface area (Å²) in [6.45, 7) is 2.84. The van der Waals surface area contributed by atoms with Gasteiger partial charge in [-0.25, -0.2) is 0 Å². The summed E-state index contributed by atoms with van der Waals surface area (Å²) in [5.41, 5.74) is 8.91. The topological polar surface area (TPSA) is 53.1 Å². The second-order valence-corrected chi connectivity index (χ2v) is 6.66. The van der Waals surface area contributed by atoms with Crippen molar-refractivity contribution in [3.63, 3.8) is 0 Å². The highest BCUT2D eigenvalue weighted by atomic mass is 79.9. The zero-order valence-corrected chi connectivity index (χ0v) is 14.0. The quantitative estimate of drug-likeness (QED) is 0.909. The highest BCUT2D eigenvalue weighted by Crippen LogP contribution is 2.39. The summed E-state index contributed by atoms with van der Waals surface area (Å²) in [5.74, 6) is 2.21. The molecule has 2 aromatic rings. The summed E-state index contributed by atoms with van der Waals surface area (Å²) in [5, 5.41) is 4.48. The molecule has 1 saturated carbocycles. The van der Waals surface area contributed by atoms with Gasteiger partial charge in [-0.3, -0.25) is 4.68 Å². The van der Waals surface area contributed by atoms with Crippen LogP contribution in [0.4, 0.5) is 5.82 Å². The van der Waals surface area contributed by atoms with Crippen LogP contribution in [0.3, 0.4) is 0 Å². The number of nitrogen functional groups attached to an aromatic ring is 1. The molecule has 2 N–H and O–H groups in total. The molecule has 1 aliphatic rings. The van der Waals surface area contributed by atoms with Crippen molar-refractivity contribution in [1.82, 2.24) is 9.78 Å². The average Bonchev–Trinajstić information content (AvgIpc) is 2.69. The smallest absolute Gasteiger partial charge is 0.142 e. The van der Waals surface area contributed by atoms with E-state index in [0.717, 1.165) is 33.6 Å². The number of rotatable bonds is 4. The fraction of sp³-hybridized carbons (Fsp3) is 0.438. The first kappa shape index (κ1) is 14.4. The van der Waals surface area contributed by atoms with E-state index >= 15 is 0 Å². The van der Waals surface area contributed by atoms with E-state index < -0.39 is 0 Å². The molecule has 5 heteroatoms. The Labute approximate surface area is 133 Å². The molecular weight excluding hydrogens is 330 g/mol. The zero-order chi connectivity index (χ0) is 15.0. The second-order valence-electron chi connectivity index (χ2n) is 5.81. The zero-order valence-electron chi connectivity index (χ0n) is 12.4. The minimum absolute atomic E-state index is 0.646. The van der Waals surface area contributed by atoms with Crippen molar-refractivity contribution in [1.29, 1.82) is 0 Å². The fourth-order valence-corrected chi connectivity index (χ4v) is 3.23. The second kappa shape index (κ2) is 5.72. The van der Waals surface area contributed by atoms with Gasteiger partial charge >= 0.3 is 0 Å². The third-order valence-electron chi connectivity index (χ3n) is 4.07. The van der Waals surface area contributed by atoms with Gasteiger partial charge in [0.05, 0.1) is 16.8 Å². The molecule has 1 aromatic carbocycles. The number of ether oxygens (including phenoxy) is 1. The third kappa shape index (κ3) is 2.93. The molecule has 0 amide bonds. The number of halogens is 1. The van der Waals surface area contributed by atoms with Crippen molar-refractivity contribution < 1.29 is 4.74 Å². The molecular formula is C16H20BrN3O. The van der Waals surface area contributed by atoms with Crippen LogP contribution >= 0.6 is 15.9 Å². The normalized spacial score (nSPS) is 15.0. The Morgan fingerprint density at radius 3 is 2.71 bits per heavy atom. The average molecular weight is 350 g/mol. The lowest BCUT2D eigenvalue weighted by atomic mass is 9.86. The predicted molar refractivity (Wildman–Crippen MR) is 88.3 cm³/mol. The van der Waals surface area contributed by atoms with Gasteiger partial charge in [0.25, 0.3) is 0 Å². The van der Waals surface area contributed by atoms with Gasteiger partial charge in [-0.05, 0) is 59.3 Å². The Morgan fingerprint density at radius 1 is 1.38 bits per heavy atom. The van der Waals surface area contributed by atoms with Gasteiger partial charge in [-0.15, -0.1) is 0 Å². The largest absolute Gasteiger partial charge is 0.491 e. The molecule has 0 saturated heterocycles. The van der Waals surface area contributed by atoms with E-state index in [4.69, 9.17) is 10.5 Å². The van der Waals surface area contributed by atoms with Crippen LogP contribution < -0.4 is 10.5 Å². The fourth-order valence-electron chi connectivity index (χ4n) is 2.54. The molecule has 1 aromatic heterocycles. The van der Waals surface area contributed by atoms with E-state index in [1.54, 1.807) is 4.68 Å². The molecule has 1 fully saturated rings. The Kier molecular flexibility index (Phi) is 3.93. The maximum Gasteiger partial charge on any atom is 0.142 e. The molecule has 112 valence electrons. The van der Waals surface area contributed by atoms with Gasteiger partial charge in [0.1, 0.15) is 11.6 Å². The van der Waals surface area contributed by atoms with E-state index in [-0.39, 0.29) is 0 Å². The van der Waals surface area contributed by atoms with Crippen molar-refractivity contribution in [3.8, 4) is 17.0 Å². The molecule has 0 atom stereocenters. The Hall–Kier alpha value is -1.49. The van der Waals surface area contributed by atoms with E-state index in [1.165, 1.54) is 19.3 Å². The number of benzene rings is 1. The molecule has 1 aliphatic carbocycles. The lowest BCUT2D eigenvalue weighted by Gasteiger charge is -2.26. The van der Waals surface area contributed by atoms with E-state index in [9.17, 15) is 0 Å². The van der Waals surface area contributed by atoms with Crippen LogP contribution in [-0.2, 0) is 7.05 Å². The van der Waals surface area contributed by atoms with Gasteiger partial charge < -0.3 is 10.5 Å². The monoisotopic (exact) mass is 349 g/mol. The van der Waals surface area contributed by atoms with Crippen LogP contribution in [0.15, 0.2) is 22.7 Å². The van der Waals surface area contributed by atoms with Gasteiger partial charge in [-0.1, -0.05) is 6.42 Å². The molecule has 0 bridgehead atoms. The first-order valence-electron chi connectivity index (χ1n) is 7.27. The van der Waals surface area contributed by atoms with Crippen molar-refractivity contribution in [2.45, 2.75) is 26.2 Å². The highest BCUT2D eigenvalue weighted by molar-refractivity contribution is 9.10. The van der Waals surface area contributed by atoms with Gasteiger partial charge in [0, 0.05) is 18.7 Å². The lowest BCUT2D eigenvalue weighted by molar-refractivity contribution is 0.180. The number of hydrogen-bond acceptors (Lipinski definition) is 3. The summed E-state index contributed by atoms with van der Waals surface area (Å²) in [4.78, 5) is 0. The SMILES string of the molecule is Cc1cc(Br)c(OCC2CCC2)c(-c2cc(N)n(C)n2)c1. The van der Waals surface area contributed by atoms with Crippen LogP contribution in [0.2, 0.25) is 0 Å². The number of nitrogens with two attached hydrogens (primary N) is 1. The maximum absolute atomic E-state index is 6.09. The number of nitrogens with zero attached hydrogens (tertiary/aromatic N) is 2. The first-order valence-corrected chi connectivity index (χ1v) is 8.06. The standard InChI is InChI=1S/C16H20BrN3O/c1-10-6-12(14-8-15(18)20(2)19-14)16(13(17)7-10)21-9-11-4-3-5-11/h6-8,11H,3-5,9,18H2,1-2H3. The van der Waals surface area contributed by atoms with E-state index in [1.807, 2.05) is 13.1 Å². The number of aryl methyl sites for hydroxylation is 2. The van der Waals surface area contributed by atoms with Crippen LogP contribution in [0.25, 0.3) is 11.3 Å². The summed E-state index contributed by atoms with van der Waals surface area (Å²) < 4.78 is 8.75. The molecule has 4 nitrogen and oxygen atoms in total. The van der Waals surface area contributed by atoms with Gasteiger partial charge in [-0.2, -0.15) is 5.10 Å². The molecule has 1 heterocycles. The molecule has 3 rings (SSSR count). The van der Waals surface area contributed by atoms with E-state index in [2.05, 4.69) is 40.1 Å². The van der Waals surface area contributed by atoms with Gasteiger partial charge in [0.2, 0.25) is 0 Å². The molecule has 0 radical (unpaired) electrons. The predicted octanol–water partition coefficient (Wildman–Crippen LogP) is 3.92. The minimum atomic E-state index is 0.646. The minimum Gasteiger partial charge on any atom is -0.491 e. The first-order chi connectivity index (χ1) is 10.0. The molecule has 0 aliphatic heterocycles. The number of anilines is 1. The van der Waals surface area contributed by atoms with Crippen molar-refractivity contribution in [2.75, 3.05) is 12.3 Å². The summed E-state index contributed by atoms with van der Waals surface area (Å²) >= 11 is 3.62. The summed E-state index contributed by atoms with van der Waals surface area (Å²) in [6, 6.07) is 6.06. The number of hydrogen-bond donors (Lipinski definition) is 1. The summed E-state index contributed by atoms with van der Waals surface area (Å²) in [6.07, 6.45) is 3.87. The Balaban J connectivity index is 1.96. The van der Waals surface area contributed by atoms with Crippen LogP contribution in [0.5, 0.6) is 5.75 Å². The van der Waals surface area contributed by atoms with E-state index in [0.29, 0.717) is 11.7 Å². The molecule has 0 spiro atoms. The summed E-state index contributed by atoms with van der Waals surface area (Å²) in [7, 11) is 1.85. The van der Waals surface area contributed by atoms with Crippen LogP contribution in [0, 0.1) is 12.8 Å². The Morgan fingerprint density at radius 2 is 2.14 bits per heavy atom. The highest BCUT2D eigenvalue weighted by Gasteiger charge is 2.21. The molecule has 0 unspecified atom stereocenters. The Bertz CT molecular complexity index is 642. The van der Waals surface area contributed by atoms with Crippen molar-refractivity contribution in [3.05, 3.63) is 28.2 Å².